The van der Waals surface area contributed by atoms with Crippen molar-refractivity contribution in [3.8, 4) is 0 Å². The normalized spacial score (nSPS) is 16.4. The van der Waals surface area contributed by atoms with Gasteiger partial charge in [-0.2, -0.15) is 0 Å². The Balaban J connectivity index is 4.86. The van der Waals surface area contributed by atoms with Gasteiger partial charge in [0.1, 0.15) is 0 Å². The minimum absolute atomic E-state index is 0.356. The molecule has 0 spiro atoms. The molecule has 0 saturated carbocycles. The third-order valence-corrected chi connectivity index (χ3v) is 27.9. The van der Waals surface area contributed by atoms with Crippen molar-refractivity contribution in [1.29, 1.82) is 0 Å². The van der Waals surface area contributed by atoms with Gasteiger partial charge in [0.25, 0.3) is 20.8 Å². The first-order chi connectivity index (χ1) is 7.27. The molecule has 1 unspecified atom stereocenters. The highest BCUT2D eigenvalue weighted by atomic mass is 35.8. The van der Waals surface area contributed by atoms with Gasteiger partial charge in [-0.25, -0.2) is 0 Å². The van der Waals surface area contributed by atoms with Crippen LogP contribution in [0.15, 0.2) is 0 Å². The van der Waals surface area contributed by atoms with Crippen LogP contribution >= 0.6 is 99.7 Å². The van der Waals surface area contributed by atoms with E-state index >= 15 is 0 Å². The van der Waals surface area contributed by atoms with Gasteiger partial charge >= 0.3 is 6.00 Å². The third-order valence-electron chi connectivity index (χ3n) is 1.89. The van der Waals surface area contributed by atoms with Crippen LogP contribution < -0.4 is 0 Å². The number of rotatable bonds is 6. The lowest BCUT2D eigenvalue weighted by molar-refractivity contribution is 1.37. The highest BCUT2D eigenvalue weighted by Gasteiger charge is 2.54. The second kappa shape index (κ2) is 7.65. The van der Waals surface area contributed by atoms with Crippen LogP contribution in [-0.2, 0) is 0 Å². The first-order valence-corrected chi connectivity index (χ1v) is 22.0. The van der Waals surface area contributed by atoms with E-state index in [1.165, 1.54) is 0 Å². The molecule has 0 aromatic rings. The fourth-order valence-corrected chi connectivity index (χ4v) is 39.3. The van der Waals surface area contributed by atoms with Crippen LogP contribution in [0.5, 0.6) is 0 Å². The molecule has 0 aliphatic heterocycles. The lowest BCUT2D eigenvalue weighted by Crippen LogP contribution is -2.45. The van der Waals surface area contributed by atoms with Crippen molar-refractivity contribution >= 4 is 127 Å². The zero-order valence-corrected chi connectivity index (χ0v) is 19.2. The van der Waals surface area contributed by atoms with Crippen molar-refractivity contribution in [2.24, 2.45) is 0 Å². The van der Waals surface area contributed by atoms with Gasteiger partial charge in [-0.15, -0.1) is 99.7 Å². The van der Waals surface area contributed by atoms with Crippen LogP contribution in [0, 0.1) is 0 Å². The Kier molecular flexibility index (Phi) is 9.22. The summed E-state index contributed by atoms with van der Waals surface area (Å²) >= 11 is 54.4. The average molecular weight is 488 g/mol. The van der Waals surface area contributed by atoms with E-state index in [1.54, 1.807) is 6.55 Å². The summed E-state index contributed by atoms with van der Waals surface area (Å²) in [4.78, 5) is -0.406. The predicted molar refractivity (Wildman–Crippen MR) is 94.9 cm³/mol. The molecule has 103 valence electrons. The summed E-state index contributed by atoms with van der Waals surface area (Å²) < 4.78 is 0. The van der Waals surface area contributed by atoms with E-state index in [2.05, 4.69) is 0 Å². The summed E-state index contributed by atoms with van der Waals surface area (Å²) in [5.74, 6) is 0. The van der Waals surface area contributed by atoms with Gasteiger partial charge in [-0.05, 0) is 18.6 Å². The third kappa shape index (κ3) is 8.49. The van der Waals surface area contributed by atoms with Crippen molar-refractivity contribution in [2.75, 3.05) is 0 Å². The van der Waals surface area contributed by atoms with E-state index in [4.69, 9.17) is 99.7 Å². The van der Waals surface area contributed by atoms with Crippen molar-refractivity contribution in [2.45, 2.75) is 23.4 Å². The summed E-state index contributed by atoms with van der Waals surface area (Å²) in [5.41, 5.74) is 0. The largest absolute Gasteiger partial charge is 0.341 e. The molecular formula is C4H8Cl9Si4. The maximum Gasteiger partial charge on any atom is 0.341 e. The summed E-state index contributed by atoms with van der Waals surface area (Å²) in [5, 5.41) is 0. The maximum absolute atomic E-state index is 6.36. The molecule has 0 rings (SSSR count). The highest BCUT2D eigenvalue weighted by molar-refractivity contribution is 7.66. The van der Waals surface area contributed by atoms with Crippen molar-refractivity contribution in [3.05, 3.63) is 0 Å². The van der Waals surface area contributed by atoms with Gasteiger partial charge in [0.05, 0.1) is 0 Å². The lowest BCUT2D eigenvalue weighted by atomic mass is 11.0. The van der Waals surface area contributed by atoms with Crippen molar-refractivity contribution in [3.63, 3.8) is 0 Å². The van der Waals surface area contributed by atoms with Crippen molar-refractivity contribution in [1.82, 2.24) is 0 Å². The van der Waals surface area contributed by atoms with E-state index in [-0.39, 0.29) is 0 Å². The molecule has 0 amide bonds. The summed E-state index contributed by atoms with van der Waals surface area (Å²) in [6.07, 6.45) is 0. The van der Waals surface area contributed by atoms with Gasteiger partial charge < -0.3 is 0 Å². The average Bonchev–Trinajstić information content (AvgIpc) is 1.94. The van der Waals surface area contributed by atoms with E-state index in [9.17, 15) is 0 Å². The molecular weight excluding hydrogens is 479 g/mol. The molecule has 17 heavy (non-hydrogen) atoms. The SMILES string of the molecule is C[Si](Cl)(Cl)C([Si](Cl)Cl)[Si](Cl)(Cl)CC[Si](Cl)(Cl)Cl. The Morgan fingerprint density at radius 3 is 1.53 bits per heavy atom. The van der Waals surface area contributed by atoms with Crippen LogP contribution in [0.2, 0.25) is 23.4 Å². The molecule has 0 aromatic heterocycles. The van der Waals surface area contributed by atoms with Gasteiger partial charge in [-0.3, -0.25) is 0 Å². The smallest absolute Gasteiger partial charge is 0.147 e. The Morgan fingerprint density at radius 1 is 0.882 bits per heavy atom. The van der Waals surface area contributed by atoms with Gasteiger partial charge in [0, 0.05) is 4.79 Å². The fraction of sp³-hybridized carbons (Fsp3) is 1.00. The van der Waals surface area contributed by atoms with E-state index in [1.807, 2.05) is 0 Å². The quantitative estimate of drug-likeness (QED) is 0.295. The minimum Gasteiger partial charge on any atom is -0.147 e. The fourth-order valence-electron chi connectivity index (χ4n) is 1.17. The second-order valence-electron chi connectivity index (χ2n) is 3.56. The summed E-state index contributed by atoms with van der Waals surface area (Å²) in [7, 11) is -1.83. The summed E-state index contributed by atoms with van der Waals surface area (Å²) in [6, 6.07) is -2.03. The van der Waals surface area contributed by atoms with Gasteiger partial charge in [-0.1, -0.05) is 0 Å². The van der Waals surface area contributed by atoms with Gasteiger partial charge in [0.15, 0.2) is 0 Å². The Hall–Kier alpha value is 3.48. The zero-order chi connectivity index (χ0) is 14.1. The topological polar surface area (TPSA) is 0 Å². The molecule has 0 bridgehead atoms. The molecule has 1 atom stereocenters. The van der Waals surface area contributed by atoms with Crippen molar-refractivity contribution < 1.29 is 0 Å². The summed E-state index contributed by atoms with van der Waals surface area (Å²) in [6.45, 7) is -3.80. The lowest BCUT2D eigenvalue weighted by Gasteiger charge is -2.33. The maximum atomic E-state index is 6.36. The molecule has 1 radical (unpaired) electrons. The predicted octanol–water partition coefficient (Wildman–Crippen LogP) is 6.53. The first kappa shape index (κ1) is 20.5. The number of hydrogen-bond acceptors (Lipinski definition) is 0. The molecule has 13 heteroatoms. The molecule has 0 aliphatic rings. The molecule has 0 fully saturated rings. The van der Waals surface area contributed by atoms with E-state index in [0.29, 0.717) is 12.1 Å². The molecule has 0 saturated heterocycles. The first-order valence-electron chi connectivity index (χ1n) is 4.27. The molecule has 0 aromatic carbocycles. The zero-order valence-electron chi connectivity index (χ0n) is 8.39. The molecule has 0 heterocycles. The van der Waals surface area contributed by atoms with Crippen LogP contribution in [-0.4, -0.2) is 26.8 Å². The monoisotopic (exact) mass is 483 g/mol. The van der Waals surface area contributed by atoms with Crippen LogP contribution in [0.3, 0.4) is 0 Å². The van der Waals surface area contributed by atoms with Gasteiger partial charge in [0.2, 0.25) is 0 Å². The Morgan fingerprint density at radius 2 is 1.29 bits per heavy atom. The standard InChI is InChI=1S/C4H8Cl9Si4/c1-15(7,8)4(14(5)6)16(9,10)2-3-17(11,12)13/h4H,2-3H2,1H3. The number of halogens is 9. The molecule has 0 N–H and O–H groups in total. The second-order valence-corrected chi connectivity index (χ2v) is 33.8. The highest BCUT2D eigenvalue weighted by Crippen LogP contribution is 2.49. The molecule has 0 aliphatic carbocycles. The van der Waals surface area contributed by atoms with Crippen LogP contribution in [0.4, 0.5) is 0 Å². The Labute approximate surface area is 148 Å². The van der Waals surface area contributed by atoms with E-state index < -0.39 is 31.6 Å². The van der Waals surface area contributed by atoms with Crippen LogP contribution in [0.25, 0.3) is 0 Å². The van der Waals surface area contributed by atoms with Crippen LogP contribution in [0.1, 0.15) is 0 Å². The van der Waals surface area contributed by atoms with E-state index in [0.717, 1.165) is 0 Å². The number of hydrogen-bond donors (Lipinski definition) is 0. The minimum atomic E-state index is -2.84. The Bertz CT molecular complexity index is 244. The molecule has 0 nitrogen and oxygen atoms in total.